The fraction of sp³-hybridized carbons (Fsp3) is 0.818. The van der Waals surface area contributed by atoms with E-state index < -0.39 is 5.54 Å². The lowest BCUT2D eigenvalue weighted by atomic mass is 9.89. The highest BCUT2D eigenvalue weighted by Crippen LogP contribution is 2.40. The van der Waals surface area contributed by atoms with Crippen molar-refractivity contribution in [3.8, 4) is 0 Å². The smallest absolute Gasteiger partial charge is 0.346 e. The van der Waals surface area contributed by atoms with Gasteiger partial charge in [-0.1, -0.05) is 0 Å². The minimum Gasteiger partial charge on any atom is -0.385 e. The van der Waals surface area contributed by atoms with Gasteiger partial charge in [0.2, 0.25) is 0 Å². The summed E-state index contributed by atoms with van der Waals surface area (Å²) < 4.78 is 5.59. The summed E-state index contributed by atoms with van der Waals surface area (Å²) in [7, 11) is 0. The Labute approximate surface area is 94.6 Å². The average molecular weight is 223 g/mol. The van der Waals surface area contributed by atoms with Gasteiger partial charge < -0.3 is 15.4 Å². The van der Waals surface area contributed by atoms with Crippen molar-refractivity contribution in [2.24, 2.45) is 16.6 Å². The van der Waals surface area contributed by atoms with Gasteiger partial charge in [0.05, 0.1) is 6.10 Å². The van der Waals surface area contributed by atoms with E-state index in [9.17, 15) is 4.79 Å². The molecule has 0 aromatic heterocycles. The number of carbonyl (C=O) groups is 1. The van der Waals surface area contributed by atoms with Crippen molar-refractivity contribution in [3.05, 3.63) is 0 Å². The number of aliphatic imine (C=N–C) groups is 1. The molecule has 2 amide bonds. The molecule has 0 aromatic carbocycles. The summed E-state index contributed by atoms with van der Waals surface area (Å²) in [6.45, 7) is 3.43. The molecule has 0 bridgehead atoms. The molecule has 2 fully saturated rings. The van der Waals surface area contributed by atoms with Gasteiger partial charge in [-0.05, 0) is 25.7 Å². The molecule has 3 aliphatic rings. The molecule has 0 radical (unpaired) electrons. The van der Waals surface area contributed by atoms with Crippen molar-refractivity contribution in [2.45, 2.75) is 37.8 Å². The first-order chi connectivity index (χ1) is 7.64. The largest absolute Gasteiger partial charge is 0.385 e. The number of urea groups is 1. The highest BCUT2D eigenvalue weighted by atomic mass is 16.5. The monoisotopic (exact) mass is 223 g/mol. The van der Waals surface area contributed by atoms with E-state index in [1.54, 1.807) is 0 Å². The van der Waals surface area contributed by atoms with Gasteiger partial charge in [0.1, 0.15) is 11.4 Å². The molecule has 1 saturated carbocycles. The third-order valence-electron chi connectivity index (χ3n) is 4.03. The number of hydrogen-bond acceptors (Lipinski definition) is 3. The zero-order chi connectivity index (χ0) is 11.3. The third-order valence-corrected chi connectivity index (χ3v) is 4.03. The standard InChI is InChI=1S/C11H17N3O2/c1-7-11(4-5-16-7)9(12)13-10(15)14(11)6-8-2-3-8/h7-8H,2-6H2,1H3,(H2,12,13,15). The van der Waals surface area contributed by atoms with Crippen LogP contribution in [0.5, 0.6) is 0 Å². The van der Waals surface area contributed by atoms with Gasteiger partial charge in [0, 0.05) is 19.6 Å². The summed E-state index contributed by atoms with van der Waals surface area (Å²) in [5, 5.41) is 0. The number of carbonyl (C=O) groups excluding carboxylic acids is 1. The van der Waals surface area contributed by atoms with Crippen LogP contribution in [0.15, 0.2) is 4.99 Å². The maximum atomic E-state index is 11.9. The topological polar surface area (TPSA) is 67.9 Å². The number of amidine groups is 1. The van der Waals surface area contributed by atoms with Gasteiger partial charge in [-0.3, -0.25) is 0 Å². The predicted octanol–water partition coefficient (Wildman–Crippen LogP) is 0.737. The molecule has 2 heterocycles. The van der Waals surface area contributed by atoms with Crippen molar-refractivity contribution < 1.29 is 9.53 Å². The normalized spacial score (nSPS) is 38.6. The Bertz CT molecular complexity index is 364. The van der Waals surface area contributed by atoms with Crippen molar-refractivity contribution in [2.75, 3.05) is 13.2 Å². The van der Waals surface area contributed by atoms with Crippen LogP contribution in [-0.2, 0) is 4.74 Å². The number of hydrogen-bond donors (Lipinski definition) is 1. The molecule has 0 aromatic rings. The summed E-state index contributed by atoms with van der Waals surface area (Å²) in [5.74, 6) is 1.10. The molecule has 1 saturated heterocycles. The molecule has 1 spiro atoms. The summed E-state index contributed by atoms with van der Waals surface area (Å²) in [4.78, 5) is 17.6. The second kappa shape index (κ2) is 3.20. The molecule has 2 aliphatic heterocycles. The lowest BCUT2D eigenvalue weighted by Crippen LogP contribution is -2.58. The Hall–Kier alpha value is -1.10. The lowest BCUT2D eigenvalue weighted by Gasteiger charge is -2.36. The number of nitrogens with two attached hydrogens (primary N) is 1. The van der Waals surface area contributed by atoms with E-state index in [4.69, 9.17) is 10.5 Å². The zero-order valence-corrected chi connectivity index (χ0v) is 9.48. The van der Waals surface area contributed by atoms with Gasteiger partial charge in [-0.25, -0.2) is 4.79 Å². The van der Waals surface area contributed by atoms with Crippen LogP contribution < -0.4 is 5.73 Å². The van der Waals surface area contributed by atoms with E-state index in [0.29, 0.717) is 18.4 Å². The fourth-order valence-corrected chi connectivity index (χ4v) is 2.79. The Kier molecular flexibility index (Phi) is 2.01. The summed E-state index contributed by atoms with van der Waals surface area (Å²) in [6, 6.07) is -0.179. The van der Waals surface area contributed by atoms with E-state index in [-0.39, 0.29) is 12.1 Å². The number of amides is 2. The van der Waals surface area contributed by atoms with Gasteiger partial charge in [0.25, 0.3) is 0 Å². The maximum Gasteiger partial charge on any atom is 0.346 e. The lowest BCUT2D eigenvalue weighted by molar-refractivity contribution is 0.0672. The molecule has 2 N–H and O–H groups in total. The molecule has 2 unspecified atom stereocenters. The molecule has 3 rings (SSSR count). The molecule has 5 heteroatoms. The minimum absolute atomic E-state index is 0.0403. The average Bonchev–Trinajstić information content (AvgIpc) is 2.93. The van der Waals surface area contributed by atoms with Crippen molar-refractivity contribution in [3.63, 3.8) is 0 Å². The molecular formula is C11H17N3O2. The molecule has 1 aliphatic carbocycles. The van der Waals surface area contributed by atoms with Crippen molar-refractivity contribution >= 4 is 11.9 Å². The number of ether oxygens (including phenoxy) is 1. The van der Waals surface area contributed by atoms with Crippen LogP contribution in [0.1, 0.15) is 26.2 Å². The van der Waals surface area contributed by atoms with Crippen LogP contribution in [0, 0.1) is 5.92 Å². The first-order valence-corrected chi connectivity index (χ1v) is 5.92. The Morgan fingerprint density at radius 2 is 2.38 bits per heavy atom. The first-order valence-electron chi connectivity index (χ1n) is 5.92. The quantitative estimate of drug-likeness (QED) is 0.750. The minimum atomic E-state index is -0.445. The second-order valence-electron chi connectivity index (χ2n) is 5.02. The van der Waals surface area contributed by atoms with Crippen LogP contribution in [-0.4, -0.2) is 41.6 Å². The number of nitrogens with zero attached hydrogens (tertiary/aromatic N) is 2. The van der Waals surface area contributed by atoms with E-state index >= 15 is 0 Å². The van der Waals surface area contributed by atoms with Gasteiger partial charge >= 0.3 is 6.03 Å². The highest BCUT2D eigenvalue weighted by molar-refractivity contribution is 6.06. The van der Waals surface area contributed by atoms with Crippen molar-refractivity contribution in [1.82, 2.24) is 4.90 Å². The molecule has 16 heavy (non-hydrogen) atoms. The van der Waals surface area contributed by atoms with Crippen LogP contribution in [0.4, 0.5) is 4.79 Å². The third kappa shape index (κ3) is 1.21. The fourth-order valence-electron chi connectivity index (χ4n) is 2.79. The van der Waals surface area contributed by atoms with Crippen LogP contribution in [0.25, 0.3) is 0 Å². The second-order valence-corrected chi connectivity index (χ2v) is 5.02. The molecule has 5 nitrogen and oxygen atoms in total. The Morgan fingerprint density at radius 3 is 2.94 bits per heavy atom. The highest BCUT2D eigenvalue weighted by Gasteiger charge is 2.56. The Morgan fingerprint density at radius 1 is 1.62 bits per heavy atom. The summed E-state index contributed by atoms with van der Waals surface area (Å²) in [6.07, 6.45) is 3.17. The van der Waals surface area contributed by atoms with Gasteiger partial charge in [-0.15, -0.1) is 0 Å². The van der Waals surface area contributed by atoms with Crippen LogP contribution in [0.2, 0.25) is 0 Å². The van der Waals surface area contributed by atoms with Crippen LogP contribution in [0.3, 0.4) is 0 Å². The molecule has 88 valence electrons. The maximum absolute atomic E-state index is 11.9. The van der Waals surface area contributed by atoms with E-state index in [1.165, 1.54) is 12.8 Å². The van der Waals surface area contributed by atoms with E-state index in [2.05, 4.69) is 4.99 Å². The van der Waals surface area contributed by atoms with Gasteiger partial charge in [0.15, 0.2) is 0 Å². The molecular weight excluding hydrogens is 206 g/mol. The van der Waals surface area contributed by atoms with Crippen molar-refractivity contribution in [1.29, 1.82) is 0 Å². The van der Waals surface area contributed by atoms with Crippen LogP contribution >= 0.6 is 0 Å². The number of rotatable bonds is 2. The predicted molar refractivity (Wildman–Crippen MR) is 59.2 cm³/mol. The first kappa shape index (κ1) is 10.1. The SMILES string of the molecule is CC1OCCC12C(N)=NC(=O)N2CC1CC1. The summed E-state index contributed by atoms with van der Waals surface area (Å²) >= 11 is 0. The van der Waals surface area contributed by atoms with Gasteiger partial charge in [-0.2, -0.15) is 4.99 Å². The molecule has 2 atom stereocenters. The zero-order valence-electron chi connectivity index (χ0n) is 9.48. The van der Waals surface area contributed by atoms with E-state index in [1.807, 2.05) is 11.8 Å². The Balaban J connectivity index is 1.92. The van der Waals surface area contributed by atoms with E-state index in [0.717, 1.165) is 13.0 Å². The summed E-state index contributed by atoms with van der Waals surface area (Å²) in [5.41, 5.74) is 5.51.